The zero-order valence-corrected chi connectivity index (χ0v) is 14.4. The molecule has 0 saturated carbocycles. The van der Waals surface area contributed by atoms with Crippen LogP contribution in [0.4, 0.5) is 10.7 Å². The van der Waals surface area contributed by atoms with Gasteiger partial charge in [-0.05, 0) is 23.8 Å². The van der Waals surface area contributed by atoms with Crippen LogP contribution in [-0.2, 0) is 6.54 Å². The molecule has 4 heterocycles. The van der Waals surface area contributed by atoms with Crippen LogP contribution in [0.15, 0.2) is 53.3 Å². The van der Waals surface area contributed by atoms with Gasteiger partial charge in [-0.15, -0.1) is 5.10 Å². The van der Waals surface area contributed by atoms with E-state index in [4.69, 9.17) is 10.2 Å². The molecule has 0 saturated heterocycles. The first-order valence-electron chi connectivity index (χ1n) is 8.34. The molecule has 10 heteroatoms. The number of hydrogen-bond acceptors (Lipinski definition) is 7. The summed E-state index contributed by atoms with van der Waals surface area (Å²) in [6.45, 7) is 0.263. The van der Waals surface area contributed by atoms with Crippen molar-refractivity contribution in [1.82, 2.24) is 29.5 Å². The van der Waals surface area contributed by atoms with Gasteiger partial charge in [-0.2, -0.15) is 4.98 Å². The van der Waals surface area contributed by atoms with E-state index in [9.17, 15) is 9.90 Å². The average Bonchev–Trinajstić information content (AvgIpc) is 3.41. The van der Waals surface area contributed by atoms with Crippen LogP contribution in [0.5, 0.6) is 0 Å². The summed E-state index contributed by atoms with van der Waals surface area (Å²) in [5.74, 6) is 0.572. The number of para-hydroxylation sites is 1. The van der Waals surface area contributed by atoms with Crippen molar-refractivity contribution in [3.8, 4) is 11.5 Å². The Bertz CT molecular complexity index is 1330. The Labute approximate surface area is 156 Å². The Morgan fingerprint density at radius 2 is 2.07 bits per heavy atom. The molecule has 0 bridgehead atoms. The molecule has 28 heavy (non-hydrogen) atoms. The van der Waals surface area contributed by atoms with E-state index in [1.54, 1.807) is 22.9 Å². The van der Waals surface area contributed by atoms with Crippen LogP contribution in [0.2, 0.25) is 0 Å². The molecule has 1 aromatic carbocycles. The van der Waals surface area contributed by atoms with Crippen molar-refractivity contribution in [2.24, 2.45) is 0 Å². The number of furan rings is 1. The lowest BCUT2D eigenvalue weighted by atomic mass is 10.1. The van der Waals surface area contributed by atoms with Crippen LogP contribution in [-0.4, -0.2) is 40.7 Å². The zero-order valence-electron chi connectivity index (χ0n) is 14.4. The van der Waals surface area contributed by atoms with E-state index in [1.807, 2.05) is 18.2 Å². The van der Waals surface area contributed by atoms with Crippen molar-refractivity contribution < 1.29 is 14.3 Å². The highest BCUT2D eigenvalue weighted by molar-refractivity contribution is 5.91. The van der Waals surface area contributed by atoms with Crippen molar-refractivity contribution in [2.45, 2.75) is 6.54 Å². The van der Waals surface area contributed by atoms with Crippen LogP contribution in [0.1, 0.15) is 5.56 Å². The Morgan fingerprint density at radius 1 is 1.18 bits per heavy atom. The van der Waals surface area contributed by atoms with Crippen LogP contribution < -0.4 is 5.73 Å². The van der Waals surface area contributed by atoms with Crippen molar-refractivity contribution in [2.75, 3.05) is 5.73 Å². The SMILES string of the molecule is Nc1nc(-c2ccco2)c2nnn(Cc3cccc4ccn(C(=O)O)c34)c2n1. The van der Waals surface area contributed by atoms with E-state index in [-0.39, 0.29) is 12.5 Å². The lowest BCUT2D eigenvalue weighted by molar-refractivity contribution is 0.197. The fourth-order valence-corrected chi connectivity index (χ4v) is 3.28. The summed E-state index contributed by atoms with van der Waals surface area (Å²) in [6.07, 6.45) is 1.99. The molecule has 0 aliphatic rings. The summed E-state index contributed by atoms with van der Waals surface area (Å²) in [5, 5.41) is 18.6. The molecule has 138 valence electrons. The molecule has 0 spiro atoms. The minimum atomic E-state index is -1.06. The van der Waals surface area contributed by atoms with E-state index >= 15 is 0 Å². The molecule has 0 amide bonds. The number of nitrogens with zero attached hydrogens (tertiary/aromatic N) is 6. The summed E-state index contributed by atoms with van der Waals surface area (Å²) >= 11 is 0. The predicted molar refractivity (Wildman–Crippen MR) is 99.7 cm³/mol. The maximum Gasteiger partial charge on any atom is 0.416 e. The molecule has 4 aromatic heterocycles. The molecule has 3 N–H and O–H groups in total. The van der Waals surface area contributed by atoms with Gasteiger partial charge in [0.1, 0.15) is 5.69 Å². The Kier molecular flexibility index (Phi) is 3.38. The maximum absolute atomic E-state index is 11.5. The Hall–Kier alpha value is -4.21. The van der Waals surface area contributed by atoms with Gasteiger partial charge in [0.25, 0.3) is 0 Å². The number of rotatable bonds is 3. The number of anilines is 1. The van der Waals surface area contributed by atoms with E-state index in [0.717, 1.165) is 10.9 Å². The first-order valence-corrected chi connectivity index (χ1v) is 8.34. The molecule has 10 nitrogen and oxygen atoms in total. The minimum Gasteiger partial charge on any atom is -0.464 e. The lowest BCUT2D eigenvalue weighted by Crippen LogP contribution is -2.10. The van der Waals surface area contributed by atoms with Gasteiger partial charge < -0.3 is 15.3 Å². The van der Waals surface area contributed by atoms with Crippen molar-refractivity contribution in [3.05, 3.63) is 54.4 Å². The molecule has 5 rings (SSSR count). The van der Waals surface area contributed by atoms with E-state index in [2.05, 4.69) is 20.3 Å². The first-order chi connectivity index (χ1) is 13.6. The van der Waals surface area contributed by atoms with Crippen molar-refractivity contribution in [1.29, 1.82) is 0 Å². The summed E-state index contributed by atoms with van der Waals surface area (Å²) < 4.78 is 8.15. The van der Waals surface area contributed by atoms with Crippen molar-refractivity contribution in [3.63, 3.8) is 0 Å². The van der Waals surface area contributed by atoms with E-state index in [0.29, 0.717) is 28.1 Å². The van der Waals surface area contributed by atoms with E-state index < -0.39 is 6.09 Å². The van der Waals surface area contributed by atoms with Gasteiger partial charge in [-0.1, -0.05) is 23.4 Å². The highest BCUT2D eigenvalue weighted by atomic mass is 16.4. The van der Waals surface area contributed by atoms with Crippen LogP contribution in [0, 0.1) is 0 Å². The molecule has 0 atom stereocenters. The number of hydrogen-bond donors (Lipinski definition) is 2. The van der Waals surface area contributed by atoms with Gasteiger partial charge >= 0.3 is 6.09 Å². The largest absolute Gasteiger partial charge is 0.464 e. The minimum absolute atomic E-state index is 0.0644. The smallest absolute Gasteiger partial charge is 0.416 e. The molecule has 0 fully saturated rings. The van der Waals surface area contributed by atoms with Gasteiger partial charge in [0, 0.05) is 11.6 Å². The number of carboxylic acid groups (broad SMARTS) is 1. The predicted octanol–water partition coefficient (Wildman–Crippen LogP) is 2.59. The quantitative estimate of drug-likeness (QED) is 0.491. The number of aromatic nitrogens is 6. The van der Waals surface area contributed by atoms with Crippen LogP contribution in [0.3, 0.4) is 0 Å². The first kappa shape index (κ1) is 16.0. The van der Waals surface area contributed by atoms with Gasteiger partial charge in [-0.25, -0.2) is 14.5 Å². The van der Waals surface area contributed by atoms with Crippen molar-refractivity contribution >= 4 is 34.1 Å². The Balaban J connectivity index is 1.67. The van der Waals surface area contributed by atoms with Gasteiger partial charge in [0.05, 0.1) is 18.3 Å². The number of carbonyl (C=O) groups is 1. The number of benzene rings is 1. The number of nitrogens with two attached hydrogens (primary N) is 1. The van der Waals surface area contributed by atoms with Gasteiger partial charge in [0.15, 0.2) is 16.9 Å². The topological polar surface area (TPSA) is 138 Å². The van der Waals surface area contributed by atoms with Crippen LogP contribution >= 0.6 is 0 Å². The third-order valence-electron chi connectivity index (χ3n) is 4.46. The molecule has 0 aliphatic carbocycles. The zero-order chi connectivity index (χ0) is 19.3. The van der Waals surface area contributed by atoms with Gasteiger partial charge in [0.2, 0.25) is 5.95 Å². The molecule has 0 radical (unpaired) electrons. The second-order valence-corrected chi connectivity index (χ2v) is 6.15. The van der Waals surface area contributed by atoms with E-state index in [1.165, 1.54) is 17.0 Å². The highest BCUT2D eigenvalue weighted by Gasteiger charge is 2.18. The second kappa shape index (κ2) is 5.91. The number of nitrogen functional groups attached to an aromatic ring is 1. The fourth-order valence-electron chi connectivity index (χ4n) is 3.28. The summed E-state index contributed by atoms with van der Waals surface area (Å²) in [5.41, 5.74) is 8.56. The van der Waals surface area contributed by atoms with Crippen LogP contribution in [0.25, 0.3) is 33.5 Å². The highest BCUT2D eigenvalue weighted by Crippen LogP contribution is 2.27. The van der Waals surface area contributed by atoms with Gasteiger partial charge in [-0.3, -0.25) is 4.57 Å². The monoisotopic (exact) mass is 375 g/mol. The fraction of sp³-hybridized carbons (Fsp3) is 0.0556. The maximum atomic E-state index is 11.5. The third kappa shape index (κ3) is 2.39. The Morgan fingerprint density at radius 3 is 2.86 bits per heavy atom. The second-order valence-electron chi connectivity index (χ2n) is 6.15. The molecule has 0 aliphatic heterocycles. The summed E-state index contributed by atoms with van der Waals surface area (Å²) in [6, 6.07) is 10.8. The average molecular weight is 375 g/mol. The lowest BCUT2D eigenvalue weighted by Gasteiger charge is -2.07. The third-order valence-corrected chi connectivity index (χ3v) is 4.46. The summed E-state index contributed by atoms with van der Waals surface area (Å²) in [7, 11) is 0. The number of fused-ring (bicyclic) bond motifs is 2. The molecular weight excluding hydrogens is 362 g/mol. The molecule has 5 aromatic rings. The standard InChI is InChI=1S/C18H13N7O3/c19-17-20-13(12-5-2-8-28-12)14-16(21-17)25(23-22-14)9-11-4-1-3-10-6-7-24(15(10)11)18(26)27/h1-8H,9H2,(H,26,27)(H2,19,20,21). The molecular formula is C18H13N7O3. The summed E-state index contributed by atoms with van der Waals surface area (Å²) in [4.78, 5) is 20.0. The normalized spacial score (nSPS) is 11.4. The molecule has 0 unspecified atom stereocenters.